The van der Waals surface area contributed by atoms with Gasteiger partial charge in [-0.25, -0.2) is 0 Å². The number of aryl methyl sites for hydroxylation is 1. The topological polar surface area (TPSA) is 119 Å². The predicted molar refractivity (Wildman–Crippen MR) is 137 cm³/mol. The molecule has 0 saturated heterocycles. The Kier molecular flexibility index (Phi) is 6.95. The van der Waals surface area contributed by atoms with Crippen LogP contribution in [0.3, 0.4) is 0 Å². The number of aromatic hydroxyl groups is 1. The first kappa shape index (κ1) is 24.1. The highest BCUT2D eigenvalue weighted by molar-refractivity contribution is 5.98. The van der Waals surface area contributed by atoms with Crippen LogP contribution >= 0.6 is 0 Å². The maximum Gasteiger partial charge on any atom is 0.290 e. The number of benzene rings is 2. The van der Waals surface area contributed by atoms with Crippen LogP contribution in [0, 0.1) is 0 Å². The molecule has 2 atom stereocenters. The van der Waals surface area contributed by atoms with E-state index in [-0.39, 0.29) is 46.2 Å². The van der Waals surface area contributed by atoms with Crippen LogP contribution in [0.25, 0.3) is 0 Å². The number of hydrogen-bond acceptors (Lipinski definition) is 6. The van der Waals surface area contributed by atoms with Crippen LogP contribution < -0.4 is 21.8 Å². The number of rotatable bonds is 6. The second-order valence-electron chi connectivity index (χ2n) is 9.13. The van der Waals surface area contributed by atoms with Crippen LogP contribution in [-0.4, -0.2) is 45.8 Å². The Bertz CT molecular complexity index is 1330. The standard InChI is InChI=1S/C26H31N5O4/c1-30(2)25(34)18-13-9-15-20(23(18)32)28-22-21(24(33)29-31(3)26(22)35)27-19-14-8-7-12-17(19)16-10-5-4-6-11-16/h4-6,9-11,13,15,17,19,27-28,32H,7-8,12,14H2,1-3H3,(H,29,33). The number of carbonyl (C=O) groups excluding carboxylic acids is 1. The molecule has 2 unspecified atom stereocenters. The summed E-state index contributed by atoms with van der Waals surface area (Å²) < 4.78 is 1.09. The molecule has 0 aliphatic heterocycles. The summed E-state index contributed by atoms with van der Waals surface area (Å²) in [5.74, 6) is -0.480. The Morgan fingerprint density at radius 1 is 1.03 bits per heavy atom. The van der Waals surface area contributed by atoms with E-state index in [4.69, 9.17) is 0 Å². The molecule has 1 saturated carbocycles. The molecular weight excluding hydrogens is 446 g/mol. The normalized spacial score (nSPS) is 17.6. The first-order valence-corrected chi connectivity index (χ1v) is 11.7. The highest BCUT2D eigenvalue weighted by atomic mass is 16.3. The average Bonchev–Trinajstić information content (AvgIpc) is 2.86. The molecule has 1 fully saturated rings. The minimum Gasteiger partial charge on any atom is -0.505 e. The fourth-order valence-corrected chi connectivity index (χ4v) is 4.68. The summed E-state index contributed by atoms with van der Waals surface area (Å²) in [5.41, 5.74) is 0.643. The first-order chi connectivity index (χ1) is 16.8. The lowest BCUT2D eigenvalue weighted by Crippen LogP contribution is -2.37. The Morgan fingerprint density at radius 3 is 2.46 bits per heavy atom. The number of amides is 1. The summed E-state index contributed by atoms with van der Waals surface area (Å²) >= 11 is 0. The van der Waals surface area contributed by atoms with Gasteiger partial charge in [0.2, 0.25) is 0 Å². The van der Waals surface area contributed by atoms with E-state index in [1.807, 2.05) is 18.2 Å². The maximum atomic E-state index is 13.1. The van der Waals surface area contributed by atoms with E-state index in [2.05, 4.69) is 27.9 Å². The monoisotopic (exact) mass is 477 g/mol. The van der Waals surface area contributed by atoms with E-state index in [0.29, 0.717) is 0 Å². The van der Waals surface area contributed by atoms with Gasteiger partial charge >= 0.3 is 0 Å². The van der Waals surface area contributed by atoms with Gasteiger partial charge in [-0.3, -0.25) is 24.2 Å². The highest BCUT2D eigenvalue weighted by Gasteiger charge is 2.29. The van der Waals surface area contributed by atoms with Crippen LogP contribution in [0.1, 0.15) is 47.5 Å². The van der Waals surface area contributed by atoms with Gasteiger partial charge in [0.15, 0.2) is 5.75 Å². The second kappa shape index (κ2) is 10.1. The van der Waals surface area contributed by atoms with E-state index in [1.165, 1.54) is 23.6 Å². The number of aromatic amines is 1. The molecule has 1 aromatic heterocycles. The predicted octanol–water partition coefficient (Wildman–Crippen LogP) is 3.36. The Morgan fingerprint density at radius 2 is 1.74 bits per heavy atom. The quantitative estimate of drug-likeness (QED) is 0.404. The molecule has 1 aliphatic carbocycles. The molecule has 35 heavy (non-hydrogen) atoms. The van der Waals surface area contributed by atoms with Crippen molar-refractivity contribution >= 4 is 23.0 Å². The van der Waals surface area contributed by atoms with Crippen molar-refractivity contribution in [3.05, 3.63) is 80.4 Å². The van der Waals surface area contributed by atoms with E-state index in [1.54, 1.807) is 26.2 Å². The smallest absolute Gasteiger partial charge is 0.290 e. The lowest BCUT2D eigenvalue weighted by atomic mass is 9.80. The largest absolute Gasteiger partial charge is 0.505 e. The van der Waals surface area contributed by atoms with Gasteiger partial charge in [-0.05, 0) is 30.5 Å². The van der Waals surface area contributed by atoms with Gasteiger partial charge in [0.25, 0.3) is 17.0 Å². The van der Waals surface area contributed by atoms with Crippen LogP contribution in [0.5, 0.6) is 5.75 Å². The summed E-state index contributed by atoms with van der Waals surface area (Å²) in [5, 5.41) is 19.6. The molecule has 3 aromatic rings. The molecule has 0 radical (unpaired) electrons. The molecular formula is C26H31N5O4. The molecule has 4 rings (SSSR count). The summed E-state index contributed by atoms with van der Waals surface area (Å²) in [7, 11) is 4.63. The number of hydrogen-bond donors (Lipinski definition) is 4. The number of para-hydroxylation sites is 1. The third-order valence-corrected chi connectivity index (χ3v) is 6.52. The maximum absolute atomic E-state index is 13.1. The molecule has 9 nitrogen and oxygen atoms in total. The molecule has 0 spiro atoms. The van der Waals surface area contributed by atoms with Crippen LogP contribution in [-0.2, 0) is 7.05 Å². The zero-order valence-corrected chi connectivity index (χ0v) is 20.2. The number of phenols is 1. The van der Waals surface area contributed by atoms with Gasteiger partial charge in [-0.2, -0.15) is 0 Å². The summed E-state index contributed by atoms with van der Waals surface area (Å²) in [6, 6.07) is 14.8. The van der Waals surface area contributed by atoms with Gasteiger partial charge < -0.3 is 20.6 Å². The molecule has 1 aliphatic rings. The van der Waals surface area contributed by atoms with Crippen molar-refractivity contribution in [3.63, 3.8) is 0 Å². The number of phenolic OH excluding ortho intramolecular Hbond substituents is 1. The minimum absolute atomic E-state index is 0.0124. The average molecular weight is 478 g/mol. The number of carbonyl (C=O) groups is 1. The molecule has 1 amide bonds. The van der Waals surface area contributed by atoms with Gasteiger partial charge in [0.1, 0.15) is 11.4 Å². The molecule has 9 heteroatoms. The van der Waals surface area contributed by atoms with Crippen molar-refractivity contribution < 1.29 is 9.90 Å². The van der Waals surface area contributed by atoms with E-state index in [9.17, 15) is 19.5 Å². The third-order valence-electron chi connectivity index (χ3n) is 6.52. The molecule has 184 valence electrons. The molecule has 4 N–H and O–H groups in total. The van der Waals surface area contributed by atoms with Crippen molar-refractivity contribution in [1.82, 2.24) is 14.7 Å². The van der Waals surface area contributed by atoms with Gasteiger partial charge in [-0.1, -0.05) is 49.2 Å². The van der Waals surface area contributed by atoms with Crippen molar-refractivity contribution in [2.45, 2.75) is 37.6 Å². The number of H-pyrrole nitrogens is 1. The molecule has 0 bridgehead atoms. The van der Waals surface area contributed by atoms with Gasteiger partial charge in [0.05, 0.1) is 11.3 Å². The Labute approximate surface area is 203 Å². The van der Waals surface area contributed by atoms with Crippen molar-refractivity contribution in [2.75, 3.05) is 24.7 Å². The summed E-state index contributed by atoms with van der Waals surface area (Å²) in [4.78, 5) is 39.9. The zero-order chi connectivity index (χ0) is 25.1. The fraction of sp³-hybridized carbons (Fsp3) is 0.346. The first-order valence-electron chi connectivity index (χ1n) is 11.7. The SMILES string of the molecule is CN(C)C(=O)c1cccc(Nc2c(NC3CCCCC3c3ccccc3)c(=O)[nH]n(C)c2=O)c1O. The summed E-state index contributed by atoms with van der Waals surface area (Å²) in [6.45, 7) is 0. The number of aromatic nitrogens is 2. The zero-order valence-electron chi connectivity index (χ0n) is 20.2. The van der Waals surface area contributed by atoms with E-state index >= 15 is 0 Å². The lowest BCUT2D eigenvalue weighted by molar-refractivity contribution is 0.0824. The summed E-state index contributed by atoms with van der Waals surface area (Å²) in [6.07, 6.45) is 3.94. The Hall–Kier alpha value is -4.01. The third kappa shape index (κ3) is 4.94. The Balaban J connectivity index is 1.74. The van der Waals surface area contributed by atoms with Crippen LogP contribution in [0.2, 0.25) is 0 Å². The van der Waals surface area contributed by atoms with Gasteiger partial charge in [0, 0.05) is 33.1 Å². The number of anilines is 3. The minimum atomic E-state index is -0.470. The van der Waals surface area contributed by atoms with E-state index < -0.39 is 11.1 Å². The number of nitrogens with zero attached hydrogens (tertiary/aromatic N) is 2. The second-order valence-corrected chi connectivity index (χ2v) is 9.13. The van der Waals surface area contributed by atoms with Crippen LogP contribution in [0.4, 0.5) is 17.1 Å². The molecule has 1 heterocycles. The van der Waals surface area contributed by atoms with Crippen molar-refractivity contribution in [1.29, 1.82) is 0 Å². The molecule has 2 aromatic carbocycles. The van der Waals surface area contributed by atoms with Crippen LogP contribution in [0.15, 0.2) is 58.1 Å². The van der Waals surface area contributed by atoms with Crippen molar-refractivity contribution in [2.24, 2.45) is 7.05 Å². The van der Waals surface area contributed by atoms with E-state index in [0.717, 1.165) is 30.4 Å². The van der Waals surface area contributed by atoms with Gasteiger partial charge in [-0.15, -0.1) is 0 Å². The van der Waals surface area contributed by atoms with Crippen molar-refractivity contribution in [3.8, 4) is 5.75 Å². The fourth-order valence-electron chi connectivity index (χ4n) is 4.68. The highest BCUT2D eigenvalue weighted by Crippen LogP contribution is 2.36. The number of nitrogens with one attached hydrogen (secondary N) is 3. The lowest BCUT2D eigenvalue weighted by Gasteiger charge is -2.33.